The first-order valence-corrected chi connectivity index (χ1v) is 6.95. The molecule has 92 valence electrons. The normalized spacial score (nSPS) is 34.4. The largest absolute Gasteiger partial charge is 0.382 e. The second-order valence-electron chi connectivity index (χ2n) is 6.54. The van der Waals surface area contributed by atoms with Crippen LogP contribution in [0.1, 0.15) is 45.6 Å². The summed E-state index contributed by atoms with van der Waals surface area (Å²) in [5.41, 5.74) is 3.20. The Hall–Kier alpha value is -0.980. The highest BCUT2D eigenvalue weighted by atomic mass is 15.0. The lowest BCUT2D eigenvalue weighted by molar-refractivity contribution is 0.174. The van der Waals surface area contributed by atoms with Crippen molar-refractivity contribution in [1.29, 1.82) is 0 Å². The summed E-state index contributed by atoms with van der Waals surface area (Å²) in [4.78, 5) is 0. The Morgan fingerprint density at radius 1 is 1.18 bits per heavy atom. The molecule has 0 aromatic heterocycles. The summed E-state index contributed by atoms with van der Waals surface area (Å²) in [6.07, 6.45) is 4.11. The van der Waals surface area contributed by atoms with Gasteiger partial charge in [0.15, 0.2) is 0 Å². The van der Waals surface area contributed by atoms with Crippen molar-refractivity contribution >= 4 is 5.69 Å². The molecule has 0 radical (unpaired) electrons. The minimum Gasteiger partial charge on any atom is -0.382 e. The first kappa shape index (κ1) is 11.1. The van der Waals surface area contributed by atoms with E-state index in [4.69, 9.17) is 0 Å². The van der Waals surface area contributed by atoms with E-state index in [0.29, 0.717) is 11.5 Å². The number of hydrogen-bond donors (Lipinski definition) is 1. The Kier molecular flexibility index (Phi) is 2.46. The molecule has 2 aliphatic rings. The van der Waals surface area contributed by atoms with Gasteiger partial charge in [0, 0.05) is 11.7 Å². The van der Waals surface area contributed by atoms with Crippen molar-refractivity contribution in [3.63, 3.8) is 0 Å². The maximum Gasteiger partial charge on any atom is 0.0380 e. The van der Waals surface area contributed by atoms with Crippen LogP contribution in [0, 0.1) is 11.8 Å². The number of rotatable bonds is 0. The molecule has 1 fully saturated rings. The molecule has 2 unspecified atom stereocenters. The molecule has 0 spiro atoms. The van der Waals surface area contributed by atoms with E-state index in [1.807, 2.05) is 0 Å². The van der Waals surface area contributed by atoms with Crippen LogP contribution < -0.4 is 5.32 Å². The van der Waals surface area contributed by atoms with Gasteiger partial charge in [-0.1, -0.05) is 45.4 Å². The van der Waals surface area contributed by atoms with Gasteiger partial charge in [0.1, 0.15) is 0 Å². The average Bonchev–Trinajstić information content (AvgIpc) is 2.28. The number of nitrogens with one attached hydrogen (secondary N) is 1. The zero-order chi connectivity index (χ0) is 12.0. The number of anilines is 1. The highest BCUT2D eigenvalue weighted by Crippen LogP contribution is 2.48. The molecule has 1 aliphatic carbocycles. The molecule has 3 atom stereocenters. The highest BCUT2D eigenvalue weighted by molar-refractivity contribution is 5.58. The Labute approximate surface area is 105 Å². The molecule has 0 saturated heterocycles. The topological polar surface area (TPSA) is 12.0 Å². The van der Waals surface area contributed by atoms with Gasteiger partial charge in [0.2, 0.25) is 0 Å². The lowest BCUT2D eigenvalue weighted by atomic mass is 9.61. The fourth-order valence-corrected chi connectivity index (χ4v) is 3.97. The third-order valence-electron chi connectivity index (χ3n) is 5.00. The summed E-state index contributed by atoms with van der Waals surface area (Å²) in [5, 5.41) is 3.78. The van der Waals surface area contributed by atoms with Gasteiger partial charge in [0.25, 0.3) is 0 Å². The van der Waals surface area contributed by atoms with E-state index < -0.39 is 0 Å². The van der Waals surface area contributed by atoms with Gasteiger partial charge in [-0.2, -0.15) is 0 Å². The van der Waals surface area contributed by atoms with Crippen molar-refractivity contribution in [2.45, 2.75) is 51.5 Å². The number of para-hydroxylation sites is 1. The Morgan fingerprint density at radius 3 is 2.76 bits per heavy atom. The quantitative estimate of drug-likeness (QED) is 0.703. The van der Waals surface area contributed by atoms with E-state index in [1.165, 1.54) is 30.5 Å². The summed E-state index contributed by atoms with van der Waals surface area (Å²) in [6, 6.07) is 9.55. The molecule has 1 saturated carbocycles. The molecule has 1 aromatic rings. The first-order chi connectivity index (χ1) is 8.09. The second-order valence-corrected chi connectivity index (χ2v) is 6.54. The molecule has 1 heteroatoms. The molecule has 1 aliphatic heterocycles. The fraction of sp³-hybridized carbons (Fsp3) is 0.625. The van der Waals surface area contributed by atoms with Crippen molar-refractivity contribution in [1.82, 2.24) is 0 Å². The zero-order valence-electron chi connectivity index (χ0n) is 11.2. The van der Waals surface area contributed by atoms with Gasteiger partial charge in [-0.05, 0) is 41.7 Å². The highest BCUT2D eigenvalue weighted by Gasteiger charge is 2.44. The maximum atomic E-state index is 3.78. The van der Waals surface area contributed by atoms with Crippen molar-refractivity contribution in [3.8, 4) is 0 Å². The lowest BCUT2D eigenvalue weighted by Gasteiger charge is -2.49. The van der Waals surface area contributed by atoms with Crippen LogP contribution in [-0.4, -0.2) is 6.04 Å². The second kappa shape index (κ2) is 3.76. The van der Waals surface area contributed by atoms with Crippen molar-refractivity contribution in [2.75, 3.05) is 5.32 Å². The summed E-state index contributed by atoms with van der Waals surface area (Å²) in [7, 11) is 0. The van der Waals surface area contributed by atoms with E-state index in [9.17, 15) is 0 Å². The standard InChI is InChI=1S/C16H23N/c1-11-8-9-13-15(10-11)17-14-7-5-4-6-12(14)16(13,2)3/h4-7,11,13,15,17H,8-10H2,1-3H3/t11-,13?,15?/m1/s1. The molecular weight excluding hydrogens is 206 g/mol. The molecule has 1 aromatic carbocycles. The van der Waals surface area contributed by atoms with Crippen molar-refractivity contribution < 1.29 is 0 Å². The van der Waals surface area contributed by atoms with Crippen LogP contribution >= 0.6 is 0 Å². The van der Waals surface area contributed by atoms with Gasteiger partial charge in [-0.15, -0.1) is 0 Å². The first-order valence-electron chi connectivity index (χ1n) is 6.95. The monoisotopic (exact) mass is 229 g/mol. The molecule has 1 heterocycles. The predicted molar refractivity (Wildman–Crippen MR) is 73.4 cm³/mol. The van der Waals surface area contributed by atoms with Crippen LogP contribution in [0.5, 0.6) is 0 Å². The van der Waals surface area contributed by atoms with Gasteiger partial charge < -0.3 is 5.32 Å². The van der Waals surface area contributed by atoms with Crippen molar-refractivity contribution in [2.24, 2.45) is 11.8 Å². The van der Waals surface area contributed by atoms with E-state index in [2.05, 4.69) is 50.4 Å². The zero-order valence-corrected chi connectivity index (χ0v) is 11.2. The summed E-state index contributed by atoms with van der Waals surface area (Å²) in [5.74, 6) is 1.68. The van der Waals surface area contributed by atoms with Crippen LogP contribution in [-0.2, 0) is 5.41 Å². The molecular formula is C16H23N. The lowest BCUT2D eigenvalue weighted by Crippen LogP contribution is -2.48. The SMILES string of the molecule is C[C@@H]1CCC2C(C1)Nc1ccccc1C2(C)C. The van der Waals surface area contributed by atoms with Crippen LogP contribution in [0.2, 0.25) is 0 Å². The number of fused-ring (bicyclic) bond motifs is 2. The smallest absolute Gasteiger partial charge is 0.0380 e. The van der Waals surface area contributed by atoms with Gasteiger partial charge >= 0.3 is 0 Å². The molecule has 17 heavy (non-hydrogen) atoms. The molecule has 0 amide bonds. The number of benzene rings is 1. The number of hydrogen-bond acceptors (Lipinski definition) is 1. The minimum absolute atomic E-state index is 0.326. The average molecular weight is 229 g/mol. The summed E-state index contributed by atoms with van der Waals surface area (Å²) in [6.45, 7) is 7.26. The summed E-state index contributed by atoms with van der Waals surface area (Å²) >= 11 is 0. The Bertz CT molecular complexity index is 421. The van der Waals surface area contributed by atoms with Crippen LogP contribution in [0.3, 0.4) is 0 Å². The van der Waals surface area contributed by atoms with Crippen LogP contribution in [0.15, 0.2) is 24.3 Å². The predicted octanol–water partition coefficient (Wildman–Crippen LogP) is 4.19. The van der Waals surface area contributed by atoms with Crippen LogP contribution in [0.25, 0.3) is 0 Å². The van der Waals surface area contributed by atoms with Crippen LogP contribution in [0.4, 0.5) is 5.69 Å². The van der Waals surface area contributed by atoms with Gasteiger partial charge in [0.05, 0.1) is 0 Å². The molecule has 3 rings (SSSR count). The Balaban J connectivity index is 2.03. The molecule has 1 N–H and O–H groups in total. The maximum absolute atomic E-state index is 3.78. The van der Waals surface area contributed by atoms with Gasteiger partial charge in [-0.3, -0.25) is 0 Å². The molecule has 0 bridgehead atoms. The third-order valence-corrected chi connectivity index (χ3v) is 5.00. The fourth-order valence-electron chi connectivity index (χ4n) is 3.97. The molecule has 1 nitrogen and oxygen atoms in total. The third kappa shape index (κ3) is 1.67. The summed E-state index contributed by atoms with van der Waals surface area (Å²) < 4.78 is 0. The van der Waals surface area contributed by atoms with E-state index in [0.717, 1.165) is 11.8 Å². The minimum atomic E-state index is 0.326. The Morgan fingerprint density at radius 2 is 1.94 bits per heavy atom. The van der Waals surface area contributed by atoms with Gasteiger partial charge in [-0.25, -0.2) is 0 Å². The van der Waals surface area contributed by atoms with Crippen molar-refractivity contribution in [3.05, 3.63) is 29.8 Å². The van der Waals surface area contributed by atoms with E-state index in [1.54, 1.807) is 0 Å². The van der Waals surface area contributed by atoms with E-state index >= 15 is 0 Å². The van der Waals surface area contributed by atoms with E-state index in [-0.39, 0.29) is 0 Å².